The molecule has 3 aromatic rings. The first-order valence-corrected chi connectivity index (χ1v) is 9.79. The van der Waals surface area contributed by atoms with Crippen LogP contribution in [-0.2, 0) is 0 Å². The minimum absolute atomic E-state index is 0.0798. The fraction of sp³-hybridized carbons (Fsp3) is 0.100. The predicted octanol–water partition coefficient (Wildman–Crippen LogP) is 3.71. The average Bonchev–Trinajstić information content (AvgIpc) is 3.18. The standard InChI is InChI=1S/C20H16BrN5OS/c1-12-17(19(27)13-5-3-2-4-6-13)18(24-20(28)23-12)16-11-22-26(25-16)15-9-7-14(21)8-10-15/h2-11,18H,1H3,(H2,23,24,28). The normalized spacial score (nSPS) is 16.5. The molecule has 8 heteroatoms. The zero-order valence-corrected chi connectivity index (χ0v) is 17.3. The molecule has 0 spiro atoms. The van der Waals surface area contributed by atoms with Gasteiger partial charge in [0.2, 0.25) is 0 Å². The topological polar surface area (TPSA) is 71.8 Å². The van der Waals surface area contributed by atoms with Gasteiger partial charge in [-0.25, -0.2) is 0 Å². The number of carbonyl (C=O) groups is 1. The van der Waals surface area contributed by atoms with Gasteiger partial charge in [0.1, 0.15) is 11.7 Å². The van der Waals surface area contributed by atoms with E-state index in [1.54, 1.807) is 18.3 Å². The van der Waals surface area contributed by atoms with E-state index in [1.807, 2.05) is 49.4 Å². The van der Waals surface area contributed by atoms with E-state index in [-0.39, 0.29) is 5.78 Å². The zero-order valence-electron chi connectivity index (χ0n) is 14.9. The van der Waals surface area contributed by atoms with E-state index in [4.69, 9.17) is 12.2 Å². The van der Waals surface area contributed by atoms with Crippen molar-refractivity contribution in [2.24, 2.45) is 0 Å². The second kappa shape index (κ2) is 7.65. The fourth-order valence-electron chi connectivity index (χ4n) is 3.07. The van der Waals surface area contributed by atoms with Gasteiger partial charge in [-0.3, -0.25) is 4.79 Å². The van der Waals surface area contributed by atoms with E-state index in [0.29, 0.717) is 27.6 Å². The Morgan fingerprint density at radius 2 is 1.86 bits per heavy atom. The fourth-order valence-corrected chi connectivity index (χ4v) is 3.60. The van der Waals surface area contributed by atoms with Gasteiger partial charge in [-0.2, -0.15) is 15.0 Å². The molecule has 1 aromatic heterocycles. The first-order valence-electron chi connectivity index (χ1n) is 8.59. The molecule has 2 heterocycles. The number of ketones is 1. The summed E-state index contributed by atoms with van der Waals surface area (Å²) < 4.78 is 0.975. The van der Waals surface area contributed by atoms with Crippen LogP contribution in [0.1, 0.15) is 29.0 Å². The number of nitrogens with zero attached hydrogens (tertiary/aromatic N) is 3. The lowest BCUT2D eigenvalue weighted by Crippen LogP contribution is -2.45. The Hall–Kier alpha value is -2.84. The number of halogens is 1. The Kier molecular flexibility index (Phi) is 5.06. The van der Waals surface area contributed by atoms with Crippen molar-refractivity contribution in [3.8, 4) is 5.69 Å². The van der Waals surface area contributed by atoms with Crippen molar-refractivity contribution in [2.45, 2.75) is 13.0 Å². The Bertz CT molecular complexity index is 1080. The molecule has 1 unspecified atom stereocenters. The molecule has 0 saturated heterocycles. The Balaban J connectivity index is 1.72. The third-order valence-corrected chi connectivity index (χ3v) is 5.16. The Labute approximate surface area is 175 Å². The molecule has 0 amide bonds. The summed E-state index contributed by atoms with van der Waals surface area (Å²) in [4.78, 5) is 14.7. The third-order valence-electron chi connectivity index (χ3n) is 4.41. The van der Waals surface area contributed by atoms with Crippen molar-refractivity contribution in [3.05, 3.63) is 87.8 Å². The Morgan fingerprint density at radius 1 is 1.14 bits per heavy atom. The number of hydrogen-bond donors (Lipinski definition) is 2. The molecule has 0 saturated carbocycles. The molecule has 0 fully saturated rings. The predicted molar refractivity (Wildman–Crippen MR) is 114 cm³/mol. The van der Waals surface area contributed by atoms with Gasteiger partial charge in [0.25, 0.3) is 0 Å². The summed E-state index contributed by atoms with van der Waals surface area (Å²) in [5.41, 5.74) is 3.33. The van der Waals surface area contributed by atoms with Crippen LogP contribution in [0.25, 0.3) is 5.69 Å². The number of hydrogen-bond acceptors (Lipinski definition) is 4. The lowest BCUT2D eigenvalue weighted by atomic mass is 9.92. The van der Waals surface area contributed by atoms with Crippen molar-refractivity contribution >= 4 is 39.0 Å². The highest BCUT2D eigenvalue weighted by atomic mass is 79.9. The molecule has 28 heavy (non-hydrogen) atoms. The van der Waals surface area contributed by atoms with Gasteiger partial charge in [-0.05, 0) is 43.4 Å². The van der Waals surface area contributed by atoms with Crippen LogP contribution in [0.5, 0.6) is 0 Å². The summed E-state index contributed by atoms with van der Waals surface area (Å²) >= 11 is 8.72. The lowest BCUT2D eigenvalue weighted by Gasteiger charge is -2.28. The van der Waals surface area contributed by atoms with E-state index >= 15 is 0 Å². The van der Waals surface area contributed by atoms with Crippen molar-refractivity contribution < 1.29 is 4.79 Å². The quantitative estimate of drug-likeness (QED) is 0.463. The third kappa shape index (κ3) is 3.61. The number of carbonyl (C=O) groups excluding carboxylic acids is 1. The number of allylic oxidation sites excluding steroid dienone is 1. The largest absolute Gasteiger partial charge is 0.350 e. The molecule has 2 aromatic carbocycles. The maximum Gasteiger partial charge on any atom is 0.193 e. The van der Waals surface area contributed by atoms with E-state index in [2.05, 4.69) is 36.8 Å². The number of nitrogens with one attached hydrogen (secondary N) is 2. The SMILES string of the molecule is CC1=C(C(=O)c2ccccc2)C(c2cnn(-c3ccc(Br)cc3)n2)NC(=S)N1. The molecule has 0 radical (unpaired) electrons. The van der Waals surface area contributed by atoms with Gasteiger partial charge in [-0.1, -0.05) is 46.3 Å². The summed E-state index contributed by atoms with van der Waals surface area (Å²) in [5.74, 6) is -0.0798. The van der Waals surface area contributed by atoms with Crippen LogP contribution in [0.15, 0.2) is 76.5 Å². The molecule has 4 rings (SSSR count). The second-order valence-corrected chi connectivity index (χ2v) is 7.62. The number of rotatable bonds is 4. The van der Waals surface area contributed by atoms with E-state index < -0.39 is 6.04 Å². The first-order chi connectivity index (χ1) is 13.5. The highest BCUT2D eigenvalue weighted by molar-refractivity contribution is 9.10. The number of benzene rings is 2. The van der Waals surface area contributed by atoms with Crippen LogP contribution in [0.2, 0.25) is 0 Å². The number of Topliss-reactive ketones (excluding diaryl/α,β-unsaturated/α-hetero) is 1. The van der Waals surface area contributed by atoms with Crippen molar-refractivity contribution in [2.75, 3.05) is 0 Å². The minimum atomic E-state index is -0.481. The molecule has 0 aliphatic carbocycles. The smallest absolute Gasteiger partial charge is 0.193 e. The van der Waals surface area contributed by atoms with Gasteiger partial charge in [0.15, 0.2) is 10.9 Å². The second-order valence-electron chi connectivity index (χ2n) is 6.30. The molecule has 140 valence electrons. The minimum Gasteiger partial charge on any atom is -0.350 e. The molecule has 2 N–H and O–H groups in total. The van der Waals surface area contributed by atoms with Gasteiger partial charge >= 0.3 is 0 Å². The summed E-state index contributed by atoms with van der Waals surface area (Å²) in [6.45, 7) is 1.84. The van der Waals surface area contributed by atoms with Crippen molar-refractivity contribution in [1.82, 2.24) is 25.6 Å². The van der Waals surface area contributed by atoms with Gasteiger partial charge in [-0.15, -0.1) is 0 Å². The maximum atomic E-state index is 13.2. The zero-order chi connectivity index (χ0) is 19.7. The lowest BCUT2D eigenvalue weighted by molar-refractivity contribution is 0.102. The molecule has 1 aliphatic heterocycles. The summed E-state index contributed by atoms with van der Waals surface area (Å²) in [7, 11) is 0. The molecule has 1 aliphatic rings. The molecule has 6 nitrogen and oxygen atoms in total. The van der Waals surface area contributed by atoms with Crippen LogP contribution in [0.4, 0.5) is 0 Å². The number of aromatic nitrogens is 3. The average molecular weight is 454 g/mol. The molecular weight excluding hydrogens is 438 g/mol. The van der Waals surface area contributed by atoms with Crippen LogP contribution >= 0.6 is 28.1 Å². The maximum absolute atomic E-state index is 13.2. The molecule has 1 atom stereocenters. The van der Waals surface area contributed by atoms with Crippen LogP contribution in [0, 0.1) is 0 Å². The van der Waals surface area contributed by atoms with Crippen molar-refractivity contribution in [3.63, 3.8) is 0 Å². The summed E-state index contributed by atoms with van der Waals surface area (Å²) in [6, 6.07) is 16.3. The van der Waals surface area contributed by atoms with Crippen LogP contribution < -0.4 is 10.6 Å². The van der Waals surface area contributed by atoms with Crippen molar-refractivity contribution in [1.29, 1.82) is 0 Å². The van der Waals surface area contributed by atoms with E-state index in [9.17, 15) is 4.79 Å². The molecular formula is C20H16BrN5OS. The highest BCUT2D eigenvalue weighted by Gasteiger charge is 2.32. The Morgan fingerprint density at radius 3 is 2.57 bits per heavy atom. The van der Waals surface area contributed by atoms with Gasteiger partial charge in [0.05, 0.1) is 11.9 Å². The van der Waals surface area contributed by atoms with E-state index in [0.717, 1.165) is 10.2 Å². The number of thiocarbonyl (C=S) groups is 1. The summed E-state index contributed by atoms with van der Waals surface area (Å²) in [6.07, 6.45) is 1.65. The van der Waals surface area contributed by atoms with Gasteiger partial charge < -0.3 is 10.6 Å². The summed E-state index contributed by atoms with van der Waals surface area (Å²) in [5, 5.41) is 15.6. The first kappa shape index (κ1) is 18.5. The highest BCUT2D eigenvalue weighted by Crippen LogP contribution is 2.28. The van der Waals surface area contributed by atoms with E-state index in [1.165, 1.54) is 4.80 Å². The van der Waals surface area contributed by atoms with Crippen LogP contribution in [0.3, 0.4) is 0 Å². The molecule has 0 bridgehead atoms. The van der Waals surface area contributed by atoms with Gasteiger partial charge in [0, 0.05) is 21.3 Å². The van der Waals surface area contributed by atoms with Crippen LogP contribution in [-0.4, -0.2) is 25.9 Å². The monoisotopic (exact) mass is 453 g/mol.